The molecule has 1 amide bonds. The zero-order valence-electron chi connectivity index (χ0n) is 11.5. The fourth-order valence-corrected chi connectivity index (χ4v) is 1.84. The molecule has 0 aliphatic heterocycles. The van der Waals surface area contributed by atoms with Gasteiger partial charge in [0.25, 0.3) is 5.91 Å². The molecule has 0 unspecified atom stereocenters. The molecule has 7 nitrogen and oxygen atoms in total. The third kappa shape index (κ3) is 2.93. The molecule has 1 N–H and O–H groups in total. The molecule has 0 fully saturated rings. The summed E-state index contributed by atoms with van der Waals surface area (Å²) in [5.41, 5.74) is 0.792. The van der Waals surface area contributed by atoms with Gasteiger partial charge >= 0.3 is 0 Å². The quantitative estimate of drug-likeness (QED) is 0.720. The van der Waals surface area contributed by atoms with Gasteiger partial charge in [-0.1, -0.05) is 18.2 Å². The Balaban J connectivity index is 1.64. The van der Waals surface area contributed by atoms with Crippen LogP contribution in [0.25, 0.3) is 5.69 Å². The Morgan fingerprint density at radius 3 is 2.68 bits per heavy atom. The van der Waals surface area contributed by atoms with Crippen LogP contribution in [0.15, 0.2) is 59.5 Å². The first-order chi connectivity index (χ1) is 10.7. The van der Waals surface area contributed by atoms with Gasteiger partial charge in [0.2, 0.25) is 11.6 Å². The number of benzene rings is 1. The SMILES string of the molecule is O=C(NCC(=O)c1ccco1)c1ncn(-c2ccccc2)n1. The van der Waals surface area contributed by atoms with Crippen LogP contribution in [-0.2, 0) is 0 Å². The van der Waals surface area contributed by atoms with E-state index in [1.807, 2.05) is 30.3 Å². The third-order valence-corrected chi connectivity index (χ3v) is 2.92. The van der Waals surface area contributed by atoms with Crippen LogP contribution >= 0.6 is 0 Å². The van der Waals surface area contributed by atoms with Crippen molar-refractivity contribution in [3.05, 3.63) is 66.6 Å². The molecule has 1 aromatic carbocycles. The van der Waals surface area contributed by atoms with Gasteiger partial charge < -0.3 is 9.73 Å². The lowest BCUT2D eigenvalue weighted by Gasteiger charge is -2.00. The zero-order valence-corrected chi connectivity index (χ0v) is 11.5. The summed E-state index contributed by atoms with van der Waals surface area (Å²) in [5, 5.41) is 6.54. The largest absolute Gasteiger partial charge is 0.461 e. The van der Waals surface area contributed by atoms with E-state index >= 15 is 0 Å². The molecule has 0 aliphatic rings. The number of para-hydroxylation sites is 1. The molecule has 2 heterocycles. The van der Waals surface area contributed by atoms with Crippen LogP contribution in [-0.4, -0.2) is 33.0 Å². The summed E-state index contributed by atoms with van der Waals surface area (Å²) in [7, 11) is 0. The zero-order chi connectivity index (χ0) is 15.4. The highest BCUT2D eigenvalue weighted by molar-refractivity contribution is 5.99. The maximum absolute atomic E-state index is 11.9. The molecule has 0 saturated heterocycles. The Labute approximate surface area is 125 Å². The second-order valence-corrected chi connectivity index (χ2v) is 4.43. The maximum atomic E-state index is 11.9. The number of amides is 1. The minimum absolute atomic E-state index is 0.00361. The van der Waals surface area contributed by atoms with Gasteiger partial charge in [-0.05, 0) is 24.3 Å². The van der Waals surface area contributed by atoms with E-state index in [1.54, 1.807) is 6.07 Å². The lowest BCUT2D eigenvalue weighted by atomic mass is 10.3. The maximum Gasteiger partial charge on any atom is 0.291 e. The number of Topliss-reactive ketones (excluding diaryl/α,β-unsaturated/α-hetero) is 1. The predicted octanol–water partition coefficient (Wildman–Crippen LogP) is 1.47. The fraction of sp³-hybridized carbons (Fsp3) is 0.0667. The van der Waals surface area contributed by atoms with E-state index in [-0.39, 0.29) is 23.9 Å². The van der Waals surface area contributed by atoms with Gasteiger partial charge in [0.15, 0.2) is 5.76 Å². The summed E-state index contributed by atoms with van der Waals surface area (Å²) >= 11 is 0. The lowest BCUT2D eigenvalue weighted by Crippen LogP contribution is -2.30. The van der Waals surface area contributed by atoms with Crippen molar-refractivity contribution in [1.29, 1.82) is 0 Å². The van der Waals surface area contributed by atoms with Crippen molar-refractivity contribution in [1.82, 2.24) is 20.1 Å². The van der Waals surface area contributed by atoms with Gasteiger partial charge in [-0.15, -0.1) is 5.10 Å². The number of carbonyl (C=O) groups is 2. The van der Waals surface area contributed by atoms with E-state index in [1.165, 1.54) is 23.3 Å². The molecule has 22 heavy (non-hydrogen) atoms. The average Bonchev–Trinajstić information content (AvgIpc) is 3.24. The van der Waals surface area contributed by atoms with Crippen molar-refractivity contribution in [2.75, 3.05) is 6.54 Å². The average molecular weight is 296 g/mol. The standard InChI is InChI=1S/C15H12N4O3/c20-12(13-7-4-8-22-13)9-16-15(21)14-17-10-19(18-14)11-5-2-1-3-6-11/h1-8,10H,9H2,(H,16,21). The molecule has 7 heteroatoms. The van der Waals surface area contributed by atoms with Crippen LogP contribution < -0.4 is 5.32 Å². The molecule has 3 rings (SSSR count). The number of hydrogen-bond donors (Lipinski definition) is 1. The van der Waals surface area contributed by atoms with Crippen molar-refractivity contribution in [3.8, 4) is 5.69 Å². The first-order valence-electron chi connectivity index (χ1n) is 6.56. The molecule has 0 saturated carbocycles. The lowest BCUT2D eigenvalue weighted by molar-refractivity contribution is 0.0886. The van der Waals surface area contributed by atoms with Gasteiger partial charge in [0, 0.05) is 0 Å². The van der Waals surface area contributed by atoms with Crippen molar-refractivity contribution in [2.24, 2.45) is 0 Å². The number of ketones is 1. The summed E-state index contributed by atoms with van der Waals surface area (Å²) in [6, 6.07) is 12.4. The van der Waals surface area contributed by atoms with Crippen LogP contribution in [0, 0.1) is 0 Å². The minimum atomic E-state index is -0.519. The molecule has 0 spiro atoms. The van der Waals surface area contributed by atoms with E-state index in [9.17, 15) is 9.59 Å². The Hall–Kier alpha value is -3.22. The second kappa shape index (κ2) is 6.04. The molecular formula is C15H12N4O3. The van der Waals surface area contributed by atoms with E-state index < -0.39 is 5.91 Å². The predicted molar refractivity (Wildman–Crippen MR) is 76.7 cm³/mol. The monoisotopic (exact) mass is 296 g/mol. The Morgan fingerprint density at radius 1 is 1.14 bits per heavy atom. The summed E-state index contributed by atoms with van der Waals surface area (Å²) in [4.78, 5) is 27.6. The Morgan fingerprint density at radius 2 is 1.95 bits per heavy atom. The second-order valence-electron chi connectivity index (χ2n) is 4.43. The highest BCUT2D eigenvalue weighted by Crippen LogP contribution is 2.05. The van der Waals surface area contributed by atoms with E-state index in [0.717, 1.165) is 5.69 Å². The molecule has 2 aromatic heterocycles. The normalized spacial score (nSPS) is 10.4. The molecule has 0 radical (unpaired) electrons. The first-order valence-corrected chi connectivity index (χ1v) is 6.56. The number of furan rings is 1. The van der Waals surface area contributed by atoms with Gasteiger partial charge in [-0.3, -0.25) is 9.59 Å². The van der Waals surface area contributed by atoms with E-state index in [4.69, 9.17) is 4.42 Å². The molecule has 110 valence electrons. The van der Waals surface area contributed by atoms with Gasteiger partial charge in [0.1, 0.15) is 6.33 Å². The van der Waals surface area contributed by atoms with E-state index in [2.05, 4.69) is 15.4 Å². The molecule has 0 bridgehead atoms. The minimum Gasteiger partial charge on any atom is -0.461 e. The summed E-state index contributed by atoms with van der Waals surface area (Å²) in [5.74, 6) is -0.644. The summed E-state index contributed by atoms with van der Waals surface area (Å²) in [6.45, 7) is -0.174. The van der Waals surface area contributed by atoms with Gasteiger partial charge in [-0.2, -0.15) is 0 Å². The molecule has 0 atom stereocenters. The number of nitrogens with one attached hydrogen (secondary N) is 1. The highest BCUT2D eigenvalue weighted by atomic mass is 16.3. The number of aromatic nitrogens is 3. The smallest absolute Gasteiger partial charge is 0.291 e. The number of nitrogens with zero attached hydrogens (tertiary/aromatic N) is 3. The number of carbonyl (C=O) groups excluding carboxylic acids is 2. The highest BCUT2D eigenvalue weighted by Gasteiger charge is 2.15. The van der Waals surface area contributed by atoms with Gasteiger partial charge in [-0.25, -0.2) is 9.67 Å². The Kier molecular flexibility index (Phi) is 3.78. The van der Waals surface area contributed by atoms with Crippen LogP contribution in [0.1, 0.15) is 21.2 Å². The molecular weight excluding hydrogens is 284 g/mol. The third-order valence-electron chi connectivity index (χ3n) is 2.92. The summed E-state index contributed by atoms with van der Waals surface area (Å²) in [6.07, 6.45) is 2.84. The molecule has 3 aromatic rings. The first kappa shape index (κ1) is 13.7. The summed E-state index contributed by atoms with van der Waals surface area (Å²) < 4.78 is 6.45. The van der Waals surface area contributed by atoms with E-state index in [0.29, 0.717) is 0 Å². The Bertz CT molecular complexity index is 778. The van der Waals surface area contributed by atoms with Crippen LogP contribution in [0.4, 0.5) is 0 Å². The van der Waals surface area contributed by atoms with Crippen molar-refractivity contribution in [3.63, 3.8) is 0 Å². The fourth-order valence-electron chi connectivity index (χ4n) is 1.84. The van der Waals surface area contributed by atoms with Crippen molar-refractivity contribution >= 4 is 11.7 Å². The number of rotatable bonds is 5. The van der Waals surface area contributed by atoms with Crippen molar-refractivity contribution < 1.29 is 14.0 Å². The molecule has 0 aliphatic carbocycles. The van der Waals surface area contributed by atoms with Crippen molar-refractivity contribution in [2.45, 2.75) is 0 Å². The van der Waals surface area contributed by atoms with Gasteiger partial charge in [0.05, 0.1) is 18.5 Å². The van der Waals surface area contributed by atoms with Crippen LogP contribution in [0.2, 0.25) is 0 Å². The van der Waals surface area contributed by atoms with Crippen LogP contribution in [0.3, 0.4) is 0 Å². The number of hydrogen-bond acceptors (Lipinski definition) is 5. The topological polar surface area (TPSA) is 90.0 Å². The van der Waals surface area contributed by atoms with Crippen LogP contribution in [0.5, 0.6) is 0 Å².